The first-order chi connectivity index (χ1) is 30.7. The summed E-state index contributed by atoms with van der Waals surface area (Å²) in [6.45, 7) is 0. The van der Waals surface area contributed by atoms with E-state index in [0.29, 0.717) is 17.5 Å². The Balaban J connectivity index is 1.02. The number of fused-ring (bicyclic) bond motifs is 12. The summed E-state index contributed by atoms with van der Waals surface area (Å²) < 4.78 is 0. The minimum absolute atomic E-state index is 0.459. The second-order valence-corrected chi connectivity index (χ2v) is 16.6. The van der Waals surface area contributed by atoms with Crippen molar-refractivity contribution in [2.75, 3.05) is 0 Å². The molecule has 0 bridgehead atoms. The number of hydrogen-bond acceptors (Lipinski definition) is 3. The van der Waals surface area contributed by atoms with Gasteiger partial charge in [-0.25, -0.2) is 15.0 Å². The van der Waals surface area contributed by atoms with Gasteiger partial charge < -0.3 is 0 Å². The molecule has 0 radical (unpaired) electrons. The van der Waals surface area contributed by atoms with E-state index in [0.717, 1.165) is 27.8 Å². The van der Waals surface area contributed by atoms with Crippen LogP contribution in [-0.2, 0) is 10.8 Å². The van der Waals surface area contributed by atoms with Crippen molar-refractivity contribution in [3.05, 3.63) is 269 Å². The van der Waals surface area contributed by atoms with Crippen LogP contribution in [0, 0.1) is 0 Å². The van der Waals surface area contributed by atoms with E-state index in [1.165, 1.54) is 66.8 Å². The molecular formula is C59H37N3. The van der Waals surface area contributed by atoms with Crippen LogP contribution in [0.1, 0.15) is 44.5 Å². The summed E-state index contributed by atoms with van der Waals surface area (Å²) in [5.41, 5.74) is 20.0. The highest BCUT2D eigenvalue weighted by atomic mass is 15.0. The first-order valence-electron chi connectivity index (χ1n) is 21.4. The van der Waals surface area contributed by atoms with Crippen molar-refractivity contribution in [2.45, 2.75) is 10.8 Å². The molecule has 1 heterocycles. The minimum Gasteiger partial charge on any atom is -0.208 e. The van der Waals surface area contributed by atoms with E-state index in [-0.39, 0.29) is 0 Å². The maximum atomic E-state index is 5.06. The maximum Gasteiger partial charge on any atom is 0.164 e. The summed E-state index contributed by atoms with van der Waals surface area (Å²) in [4.78, 5) is 15.1. The van der Waals surface area contributed by atoms with Crippen LogP contribution in [0.4, 0.5) is 0 Å². The zero-order valence-corrected chi connectivity index (χ0v) is 33.7. The quantitative estimate of drug-likeness (QED) is 0.174. The third-order valence-corrected chi connectivity index (χ3v) is 13.6. The lowest BCUT2D eigenvalue weighted by molar-refractivity contribution is 0.636. The van der Waals surface area contributed by atoms with Gasteiger partial charge >= 0.3 is 0 Å². The number of hydrogen-bond donors (Lipinski definition) is 0. The summed E-state index contributed by atoms with van der Waals surface area (Å²) in [5.74, 6) is 1.95. The van der Waals surface area contributed by atoms with Gasteiger partial charge in [-0.1, -0.05) is 212 Å². The summed E-state index contributed by atoms with van der Waals surface area (Å²) in [6, 6.07) is 81.8. The van der Waals surface area contributed by atoms with Crippen LogP contribution in [0.3, 0.4) is 0 Å². The molecule has 0 saturated carbocycles. The molecule has 9 aromatic carbocycles. The highest BCUT2D eigenvalue weighted by Gasteiger charge is 2.59. The van der Waals surface area contributed by atoms with Gasteiger partial charge in [-0.3, -0.25) is 0 Å². The molecule has 0 N–H and O–H groups in total. The second-order valence-electron chi connectivity index (χ2n) is 16.6. The van der Waals surface area contributed by atoms with Crippen LogP contribution in [0.25, 0.3) is 67.5 Å². The van der Waals surface area contributed by atoms with Crippen molar-refractivity contribution in [2.24, 2.45) is 0 Å². The molecule has 2 atom stereocenters. The van der Waals surface area contributed by atoms with Crippen LogP contribution in [0.2, 0.25) is 0 Å². The van der Waals surface area contributed by atoms with Crippen molar-refractivity contribution in [1.29, 1.82) is 0 Å². The maximum absolute atomic E-state index is 5.06. The summed E-state index contributed by atoms with van der Waals surface area (Å²) >= 11 is 0. The molecule has 3 heteroatoms. The van der Waals surface area contributed by atoms with Crippen LogP contribution < -0.4 is 0 Å². The molecule has 288 valence electrons. The molecule has 3 aliphatic carbocycles. The standard InChI is InChI=1S/C59H37N3/c1-4-18-38(19-5-1)55-60-56(39-20-6-2-7-21-39)62-57(61-55)42-23-16-22-40(36-42)41-34-35-50-47(37-41)45-27-11-13-30-49(45)59(50)52-32-15-14-31-51(52)58(43-24-8-3-9-25-43)48-29-12-10-26-44(48)46-28-17-33-53(59)54(46)58/h1-37H. The van der Waals surface area contributed by atoms with Crippen molar-refractivity contribution in [3.8, 4) is 67.5 Å². The lowest BCUT2D eigenvalue weighted by Crippen LogP contribution is -2.43. The van der Waals surface area contributed by atoms with Crippen molar-refractivity contribution >= 4 is 0 Å². The topological polar surface area (TPSA) is 38.7 Å². The van der Waals surface area contributed by atoms with Gasteiger partial charge in [0.05, 0.1) is 10.8 Å². The molecule has 3 aliphatic rings. The fourth-order valence-electron chi connectivity index (χ4n) is 11.2. The number of benzene rings is 9. The van der Waals surface area contributed by atoms with Crippen LogP contribution in [0.5, 0.6) is 0 Å². The van der Waals surface area contributed by atoms with Gasteiger partial charge in [0.2, 0.25) is 0 Å². The third-order valence-electron chi connectivity index (χ3n) is 13.6. The van der Waals surface area contributed by atoms with Gasteiger partial charge in [-0.05, 0) is 90.0 Å². The highest BCUT2D eigenvalue weighted by molar-refractivity contribution is 5.96. The molecule has 3 nitrogen and oxygen atoms in total. The van der Waals surface area contributed by atoms with Crippen LogP contribution in [-0.4, -0.2) is 15.0 Å². The van der Waals surface area contributed by atoms with Gasteiger partial charge in [0.25, 0.3) is 0 Å². The van der Waals surface area contributed by atoms with Crippen molar-refractivity contribution < 1.29 is 0 Å². The molecular weight excluding hydrogens is 751 g/mol. The highest BCUT2D eigenvalue weighted by Crippen LogP contribution is 2.68. The van der Waals surface area contributed by atoms with E-state index in [9.17, 15) is 0 Å². The molecule has 0 aliphatic heterocycles. The zero-order valence-electron chi connectivity index (χ0n) is 33.7. The summed E-state index contributed by atoms with van der Waals surface area (Å²) in [5, 5.41) is 0. The Kier molecular flexibility index (Phi) is 7.44. The van der Waals surface area contributed by atoms with E-state index in [2.05, 4.69) is 164 Å². The van der Waals surface area contributed by atoms with Gasteiger partial charge in [-0.2, -0.15) is 0 Å². The molecule has 1 spiro atoms. The fraction of sp³-hybridized carbons (Fsp3) is 0.0339. The molecule has 13 rings (SSSR count). The van der Waals surface area contributed by atoms with Crippen molar-refractivity contribution in [3.63, 3.8) is 0 Å². The monoisotopic (exact) mass is 787 g/mol. The van der Waals surface area contributed by atoms with Gasteiger partial charge in [-0.15, -0.1) is 0 Å². The first-order valence-corrected chi connectivity index (χ1v) is 21.4. The Hall–Kier alpha value is -8.01. The van der Waals surface area contributed by atoms with E-state index >= 15 is 0 Å². The lowest BCUT2D eigenvalue weighted by atomic mass is 9.52. The largest absolute Gasteiger partial charge is 0.208 e. The second kappa shape index (κ2) is 13.2. The number of rotatable bonds is 5. The summed E-state index contributed by atoms with van der Waals surface area (Å²) in [6.07, 6.45) is 0. The molecule has 2 unspecified atom stereocenters. The Bertz CT molecular complexity index is 3360. The Morgan fingerprint density at radius 1 is 0.242 bits per heavy atom. The SMILES string of the molecule is c1ccc(-c2nc(-c3ccccc3)nc(-c3cccc(-c4ccc5c(c4)-c4ccccc4C54c5ccccc5C5(c6ccccc6)c6ccccc6-c6cccc4c65)c3)n2)cc1. The van der Waals surface area contributed by atoms with Crippen LogP contribution >= 0.6 is 0 Å². The van der Waals surface area contributed by atoms with E-state index in [1.807, 2.05) is 60.7 Å². The molecule has 0 amide bonds. The smallest absolute Gasteiger partial charge is 0.164 e. The number of aromatic nitrogens is 3. The van der Waals surface area contributed by atoms with Gasteiger partial charge in [0.15, 0.2) is 17.5 Å². The molecule has 1 aromatic heterocycles. The Morgan fingerprint density at radius 3 is 1.32 bits per heavy atom. The minimum atomic E-state index is -0.527. The van der Waals surface area contributed by atoms with Crippen molar-refractivity contribution in [1.82, 2.24) is 15.0 Å². The van der Waals surface area contributed by atoms with Gasteiger partial charge in [0.1, 0.15) is 0 Å². The molecule has 10 aromatic rings. The predicted octanol–water partition coefficient (Wildman–Crippen LogP) is 13.6. The summed E-state index contributed by atoms with van der Waals surface area (Å²) in [7, 11) is 0. The Morgan fingerprint density at radius 2 is 0.661 bits per heavy atom. The zero-order chi connectivity index (χ0) is 40.8. The normalized spacial score (nSPS) is 17.2. The number of nitrogens with zero attached hydrogens (tertiary/aromatic N) is 3. The predicted molar refractivity (Wildman–Crippen MR) is 250 cm³/mol. The van der Waals surface area contributed by atoms with Gasteiger partial charge in [0, 0.05) is 16.7 Å². The third kappa shape index (κ3) is 4.68. The lowest BCUT2D eigenvalue weighted by Gasteiger charge is -2.48. The first kappa shape index (κ1) is 34.8. The van der Waals surface area contributed by atoms with Crippen LogP contribution in [0.15, 0.2) is 224 Å². The molecule has 0 saturated heterocycles. The van der Waals surface area contributed by atoms with E-state index in [1.54, 1.807) is 0 Å². The van der Waals surface area contributed by atoms with E-state index in [4.69, 9.17) is 15.0 Å². The molecule has 62 heavy (non-hydrogen) atoms. The Labute approximate surface area is 360 Å². The average Bonchev–Trinajstić information content (AvgIpc) is 3.83. The average molecular weight is 788 g/mol. The fourth-order valence-corrected chi connectivity index (χ4v) is 11.2. The van der Waals surface area contributed by atoms with E-state index < -0.39 is 10.8 Å². The molecule has 0 fully saturated rings.